The molecule has 0 atom stereocenters. The monoisotopic (exact) mass is 454 g/mol. The molecule has 0 spiro atoms. The smallest absolute Gasteiger partial charge is 0.253 e. The van der Waals surface area contributed by atoms with Crippen molar-refractivity contribution in [3.05, 3.63) is 77.4 Å². The van der Waals surface area contributed by atoms with Crippen LogP contribution in [0, 0.1) is 18.3 Å². The van der Waals surface area contributed by atoms with E-state index in [0.717, 1.165) is 50.3 Å². The fourth-order valence-corrected chi connectivity index (χ4v) is 4.31. The molecule has 1 aliphatic rings. The molecule has 172 valence electrons. The molecule has 2 aromatic carbocycles. The fraction of sp³-hybridized carbons (Fsp3) is 0.308. The van der Waals surface area contributed by atoms with Gasteiger partial charge in [0.2, 0.25) is 5.89 Å². The molecule has 0 amide bonds. The highest BCUT2D eigenvalue weighted by Gasteiger charge is 2.23. The van der Waals surface area contributed by atoms with E-state index in [1.807, 2.05) is 61.5 Å². The second kappa shape index (κ2) is 10.00. The summed E-state index contributed by atoms with van der Waals surface area (Å²) in [5, 5.41) is 21.8. The van der Waals surface area contributed by atoms with Crippen LogP contribution in [0.5, 0.6) is 0 Å². The lowest BCUT2D eigenvalue weighted by molar-refractivity contribution is 0.232. The van der Waals surface area contributed by atoms with E-state index in [4.69, 9.17) is 14.2 Å². The summed E-state index contributed by atoms with van der Waals surface area (Å²) < 4.78 is 11.5. The minimum Gasteiger partial charge on any atom is -0.419 e. The molecule has 8 nitrogen and oxygen atoms in total. The van der Waals surface area contributed by atoms with Crippen LogP contribution in [0.2, 0.25) is 0 Å². The zero-order valence-corrected chi connectivity index (χ0v) is 19.1. The summed E-state index contributed by atoms with van der Waals surface area (Å²) in [5.74, 6) is 1.68. The second-order valence-electron chi connectivity index (χ2n) is 8.54. The first-order valence-corrected chi connectivity index (χ1v) is 11.5. The van der Waals surface area contributed by atoms with Gasteiger partial charge in [0.05, 0.1) is 18.2 Å². The van der Waals surface area contributed by atoms with Gasteiger partial charge < -0.3 is 8.94 Å². The first kappa shape index (κ1) is 22.0. The van der Waals surface area contributed by atoms with E-state index in [1.54, 1.807) is 0 Å². The fourth-order valence-electron chi connectivity index (χ4n) is 4.31. The lowest BCUT2D eigenvalue weighted by Crippen LogP contribution is -2.30. The highest BCUT2D eigenvalue weighted by Crippen LogP contribution is 2.33. The normalized spacial score (nSPS) is 15.2. The van der Waals surface area contributed by atoms with Crippen molar-refractivity contribution in [3.63, 3.8) is 0 Å². The van der Waals surface area contributed by atoms with Crippen molar-refractivity contribution in [3.8, 4) is 28.8 Å². The maximum Gasteiger partial charge on any atom is 0.253 e. The Balaban J connectivity index is 1.23. The van der Waals surface area contributed by atoms with E-state index in [9.17, 15) is 0 Å². The molecule has 0 aliphatic carbocycles. The number of hydrogen-bond donors (Lipinski definition) is 0. The van der Waals surface area contributed by atoms with Crippen molar-refractivity contribution in [2.75, 3.05) is 26.2 Å². The average Bonchev–Trinajstić information content (AvgIpc) is 3.42. The van der Waals surface area contributed by atoms with Gasteiger partial charge in [0.25, 0.3) is 5.89 Å². The average molecular weight is 455 g/mol. The third kappa shape index (κ3) is 4.91. The van der Waals surface area contributed by atoms with Crippen molar-refractivity contribution in [2.24, 2.45) is 0 Å². The van der Waals surface area contributed by atoms with E-state index >= 15 is 0 Å². The molecule has 1 saturated heterocycles. The molecule has 5 rings (SSSR count). The number of nitrogens with zero attached hydrogens (tertiary/aromatic N) is 6. The number of rotatable bonds is 6. The van der Waals surface area contributed by atoms with Gasteiger partial charge in [-0.15, -0.1) is 10.2 Å². The van der Waals surface area contributed by atoms with E-state index in [0.29, 0.717) is 35.3 Å². The molecule has 0 unspecified atom stereocenters. The summed E-state index contributed by atoms with van der Waals surface area (Å²) in [4.78, 5) is 4.81. The van der Waals surface area contributed by atoms with Crippen LogP contribution >= 0.6 is 0 Å². The quantitative estimate of drug-likeness (QED) is 0.426. The van der Waals surface area contributed by atoms with Gasteiger partial charge in [-0.05, 0) is 44.1 Å². The Labute approximate surface area is 198 Å². The minimum atomic E-state index is 0.435. The summed E-state index contributed by atoms with van der Waals surface area (Å²) >= 11 is 0. The van der Waals surface area contributed by atoms with Crippen molar-refractivity contribution >= 4 is 0 Å². The molecule has 3 heterocycles. The number of aromatic nitrogens is 3. The second-order valence-corrected chi connectivity index (χ2v) is 8.54. The van der Waals surface area contributed by atoms with Crippen molar-refractivity contribution in [1.82, 2.24) is 25.2 Å². The lowest BCUT2D eigenvalue weighted by atomic mass is 10.1. The molecule has 0 N–H and O–H groups in total. The van der Waals surface area contributed by atoms with Crippen LogP contribution in [0.3, 0.4) is 0 Å². The number of benzene rings is 2. The van der Waals surface area contributed by atoms with Crippen LogP contribution in [0.15, 0.2) is 63.5 Å². The minimum absolute atomic E-state index is 0.435. The summed E-state index contributed by atoms with van der Waals surface area (Å²) in [6, 6.07) is 19.9. The van der Waals surface area contributed by atoms with Gasteiger partial charge in [-0.1, -0.05) is 47.6 Å². The van der Waals surface area contributed by atoms with Crippen LogP contribution in [0.1, 0.15) is 29.2 Å². The highest BCUT2D eigenvalue weighted by atomic mass is 16.5. The summed E-state index contributed by atoms with van der Waals surface area (Å²) in [6.07, 6.45) is 1.07. The number of hydrogen-bond acceptors (Lipinski definition) is 8. The molecule has 1 aliphatic heterocycles. The molecule has 0 saturated carbocycles. The molecule has 4 aromatic rings. The van der Waals surface area contributed by atoms with E-state index in [1.165, 1.54) is 5.56 Å². The predicted molar refractivity (Wildman–Crippen MR) is 126 cm³/mol. The van der Waals surface area contributed by atoms with Gasteiger partial charge in [-0.3, -0.25) is 9.80 Å². The van der Waals surface area contributed by atoms with E-state index in [2.05, 4.69) is 31.2 Å². The topological polar surface area (TPSA) is 95.2 Å². The summed E-state index contributed by atoms with van der Waals surface area (Å²) in [7, 11) is 0. The molecule has 34 heavy (non-hydrogen) atoms. The Morgan fingerprint density at radius 1 is 0.912 bits per heavy atom. The zero-order valence-electron chi connectivity index (χ0n) is 19.1. The van der Waals surface area contributed by atoms with Crippen molar-refractivity contribution in [2.45, 2.75) is 26.4 Å². The Morgan fingerprint density at radius 2 is 1.65 bits per heavy atom. The van der Waals surface area contributed by atoms with Crippen molar-refractivity contribution in [1.29, 1.82) is 5.26 Å². The number of nitriles is 1. The number of aryl methyl sites for hydroxylation is 1. The van der Waals surface area contributed by atoms with Crippen LogP contribution in [-0.2, 0) is 13.1 Å². The zero-order chi connectivity index (χ0) is 23.3. The maximum atomic E-state index is 8.98. The van der Waals surface area contributed by atoms with Crippen LogP contribution in [0.4, 0.5) is 0 Å². The SMILES string of the molecule is Cc1onc(-c2ccccc2)c1-c1nnc(CN2CCCN(Cc3ccc(C#N)cc3)CC2)o1. The first-order valence-electron chi connectivity index (χ1n) is 11.5. The predicted octanol–water partition coefficient (Wildman–Crippen LogP) is 4.28. The van der Waals surface area contributed by atoms with E-state index in [-0.39, 0.29) is 0 Å². The van der Waals surface area contributed by atoms with Crippen LogP contribution in [-0.4, -0.2) is 51.3 Å². The van der Waals surface area contributed by atoms with Gasteiger partial charge in [0.15, 0.2) is 0 Å². The van der Waals surface area contributed by atoms with Crippen LogP contribution < -0.4 is 0 Å². The lowest BCUT2D eigenvalue weighted by Gasteiger charge is -2.21. The third-order valence-corrected chi connectivity index (χ3v) is 6.12. The first-order chi connectivity index (χ1) is 16.7. The molecular weight excluding hydrogens is 428 g/mol. The van der Waals surface area contributed by atoms with Crippen molar-refractivity contribution < 1.29 is 8.94 Å². The highest BCUT2D eigenvalue weighted by molar-refractivity contribution is 5.77. The van der Waals surface area contributed by atoms with E-state index < -0.39 is 0 Å². The Morgan fingerprint density at radius 3 is 2.38 bits per heavy atom. The van der Waals surface area contributed by atoms with Gasteiger partial charge in [0, 0.05) is 25.2 Å². The molecule has 8 heteroatoms. The Hall–Kier alpha value is -3.80. The summed E-state index contributed by atoms with van der Waals surface area (Å²) in [5.41, 5.74) is 4.33. The maximum absolute atomic E-state index is 8.98. The van der Waals surface area contributed by atoms with Gasteiger partial charge in [-0.2, -0.15) is 5.26 Å². The Bertz CT molecular complexity index is 1270. The molecule has 1 fully saturated rings. The van der Waals surface area contributed by atoms with Crippen LogP contribution in [0.25, 0.3) is 22.7 Å². The molecule has 0 bridgehead atoms. The van der Waals surface area contributed by atoms with Gasteiger partial charge >= 0.3 is 0 Å². The largest absolute Gasteiger partial charge is 0.419 e. The molecule has 0 radical (unpaired) electrons. The van der Waals surface area contributed by atoms with Gasteiger partial charge in [0.1, 0.15) is 17.0 Å². The Kier molecular flexibility index (Phi) is 6.47. The molecule has 2 aromatic heterocycles. The van der Waals surface area contributed by atoms with Gasteiger partial charge in [-0.25, -0.2) is 0 Å². The summed E-state index contributed by atoms with van der Waals surface area (Å²) in [6.45, 7) is 7.26. The third-order valence-electron chi connectivity index (χ3n) is 6.12. The standard InChI is InChI=1S/C26H26N6O2/c1-19-24(25(30-34-19)22-6-3-2-4-7-22)26-29-28-23(33-26)18-32-13-5-12-31(14-15-32)17-21-10-8-20(16-27)9-11-21/h2-4,6-11H,5,12-15,17-18H2,1H3. The molecular formula is C26H26N6O2.